The number of carbonyl (C=O) groups excluding carboxylic acids is 1. The second-order valence-corrected chi connectivity index (χ2v) is 6.34. The van der Waals surface area contributed by atoms with Gasteiger partial charge in [-0.25, -0.2) is 14.8 Å². The van der Waals surface area contributed by atoms with Crippen LogP contribution in [0, 0.1) is 13.8 Å². The number of urea groups is 1. The summed E-state index contributed by atoms with van der Waals surface area (Å²) < 4.78 is 5.05. The molecule has 0 spiro atoms. The maximum atomic E-state index is 12.2. The topological polar surface area (TPSA) is 76.1 Å². The van der Waals surface area contributed by atoms with Gasteiger partial charge in [0.2, 0.25) is 5.88 Å². The fourth-order valence-electron chi connectivity index (χ4n) is 1.92. The molecule has 0 saturated carbocycles. The van der Waals surface area contributed by atoms with Crippen LogP contribution < -0.4 is 15.4 Å². The number of nitrogens with one attached hydrogen (secondary N) is 2. The first-order valence-corrected chi connectivity index (χ1v) is 7.73. The molecular formula is C15H20N4O2S. The number of hydrogen-bond donors (Lipinski definition) is 2. The van der Waals surface area contributed by atoms with Gasteiger partial charge in [0.05, 0.1) is 24.0 Å². The molecular weight excluding hydrogens is 300 g/mol. The average Bonchev–Trinajstić information content (AvgIpc) is 2.88. The molecule has 0 saturated heterocycles. The van der Waals surface area contributed by atoms with Crippen LogP contribution in [0.5, 0.6) is 5.88 Å². The van der Waals surface area contributed by atoms with Crippen LogP contribution in [0.3, 0.4) is 0 Å². The predicted molar refractivity (Wildman–Crippen MR) is 87.6 cm³/mol. The molecule has 0 unspecified atom stereocenters. The lowest BCUT2D eigenvalue weighted by Crippen LogP contribution is -2.43. The van der Waals surface area contributed by atoms with Gasteiger partial charge in [0.1, 0.15) is 5.01 Å². The molecule has 7 heteroatoms. The van der Waals surface area contributed by atoms with Crippen molar-refractivity contribution < 1.29 is 9.53 Å². The highest BCUT2D eigenvalue weighted by atomic mass is 32.1. The molecule has 0 bridgehead atoms. The number of rotatable bonds is 4. The van der Waals surface area contributed by atoms with Crippen molar-refractivity contribution in [3.05, 3.63) is 33.9 Å². The number of ether oxygens (including phenoxy) is 1. The van der Waals surface area contributed by atoms with Crippen LogP contribution in [0.1, 0.15) is 30.2 Å². The van der Waals surface area contributed by atoms with Gasteiger partial charge in [0, 0.05) is 17.1 Å². The Balaban J connectivity index is 2.06. The van der Waals surface area contributed by atoms with Crippen molar-refractivity contribution in [2.45, 2.75) is 33.2 Å². The van der Waals surface area contributed by atoms with E-state index in [0.717, 1.165) is 10.7 Å². The largest absolute Gasteiger partial charge is 0.481 e. The molecule has 2 amide bonds. The molecule has 2 heterocycles. The third-order valence-electron chi connectivity index (χ3n) is 3.10. The van der Waals surface area contributed by atoms with Gasteiger partial charge in [0.15, 0.2) is 0 Å². The minimum Gasteiger partial charge on any atom is -0.481 e. The molecule has 0 fully saturated rings. The second kappa shape index (κ2) is 6.31. The van der Waals surface area contributed by atoms with E-state index in [1.165, 1.54) is 11.3 Å². The maximum absolute atomic E-state index is 12.2. The minimum atomic E-state index is -0.545. The van der Waals surface area contributed by atoms with Crippen molar-refractivity contribution in [3.8, 4) is 5.88 Å². The number of aryl methyl sites for hydroxylation is 2. The van der Waals surface area contributed by atoms with E-state index in [2.05, 4.69) is 20.6 Å². The fraction of sp³-hybridized carbons (Fsp3) is 0.400. The molecule has 2 rings (SSSR count). The number of aromatic nitrogens is 2. The number of amides is 2. The molecule has 22 heavy (non-hydrogen) atoms. The van der Waals surface area contributed by atoms with Crippen molar-refractivity contribution in [1.29, 1.82) is 0 Å². The standard InChI is InChI=1S/C15H20N4O2S/c1-9-8-22-13(16-9)15(3,4)19-14(20)18-11-6-7-12(21-5)17-10(11)2/h6-8H,1-5H3,(H2,18,19,20). The first-order valence-electron chi connectivity index (χ1n) is 6.85. The Morgan fingerprint density at radius 3 is 2.55 bits per heavy atom. The summed E-state index contributed by atoms with van der Waals surface area (Å²) in [5, 5.41) is 8.56. The number of nitrogens with zero attached hydrogens (tertiary/aromatic N) is 2. The molecule has 0 atom stereocenters. The summed E-state index contributed by atoms with van der Waals surface area (Å²) in [4.78, 5) is 20.9. The molecule has 2 aromatic rings. The highest BCUT2D eigenvalue weighted by molar-refractivity contribution is 7.09. The van der Waals surface area contributed by atoms with Crippen LogP contribution in [0.4, 0.5) is 10.5 Å². The van der Waals surface area contributed by atoms with E-state index in [1.54, 1.807) is 19.2 Å². The molecule has 0 aliphatic carbocycles. The zero-order valence-electron chi connectivity index (χ0n) is 13.4. The normalized spacial score (nSPS) is 11.1. The van der Waals surface area contributed by atoms with Gasteiger partial charge < -0.3 is 15.4 Å². The van der Waals surface area contributed by atoms with Gasteiger partial charge in [-0.1, -0.05) is 0 Å². The van der Waals surface area contributed by atoms with Crippen LogP contribution in [-0.4, -0.2) is 23.1 Å². The van der Waals surface area contributed by atoms with E-state index >= 15 is 0 Å². The van der Waals surface area contributed by atoms with E-state index in [1.807, 2.05) is 33.1 Å². The second-order valence-electron chi connectivity index (χ2n) is 5.48. The monoisotopic (exact) mass is 320 g/mol. The summed E-state index contributed by atoms with van der Waals surface area (Å²) in [6, 6.07) is 3.17. The molecule has 2 N–H and O–H groups in total. The summed E-state index contributed by atoms with van der Waals surface area (Å²) in [7, 11) is 1.56. The number of pyridine rings is 1. The molecule has 118 valence electrons. The Labute approximate surface area is 133 Å². The number of hydrogen-bond acceptors (Lipinski definition) is 5. The first-order chi connectivity index (χ1) is 10.3. The van der Waals surface area contributed by atoms with E-state index in [-0.39, 0.29) is 6.03 Å². The summed E-state index contributed by atoms with van der Waals surface area (Å²) in [5.41, 5.74) is 1.74. The van der Waals surface area contributed by atoms with E-state index in [0.29, 0.717) is 17.3 Å². The molecule has 6 nitrogen and oxygen atoms in total. The Hall–Kier alpha value is -2.15. The smallest absolute Gasteiger partial charge is 0.320 e. The lowest BCUT2D eigenvalue weighted by Gasteiger charge is -2.24. The average molecular weight is 320 g/mol. The molecule has 0 radical (unpaired) electrons. The van der Waals surface area contributed by atoms with Crippen LogP contribution >= 0.6 is 11.3 Å². The van der Waals surface area contributed by atoms with Crippen molar-refractivity contribution in [2.24, 2.45) is 0 Å². The van der Waals surface area contributed by atoms with Crippen LogP contribution in [-0.2, 0) is 5.54 Å². The van der Waals surface area contributed by atoms with Crippen molar-refractivity contribution in [1.82, 2.24) is 15.3 Å². The lowest BCUT2D eigenvalue weighted by molar-refractivity contribution is 0.241. The van der Waals surface area contributed by atoms with Crippen LogP contribution in [0.15, 0.2) is 17.5 Å². The maximum Gasteiger partial charge on any atom is 0.320 e. The van der Waals surface area contributed by atoms with E-state index in [4.69, 9.17) is 4.74 Å². The van der Waals surface area contributed by atoms with Gasteiger partial charge in [-0.2, -0.15) is 0 Å². The SMILES string of the molecule is COc1ccc(NC(=O)NC(C)(C)c2nc(C)cs2)c(C)n1. The Morgan fingerprint density at radius 1 is 1.27 bits per heavy atom. The summed E-state index contributed by atoms with van der Waals surface area (Å²) in [6.45, 7) is 7.59. The predicted octanol–water partition coefficient (Wildman–Crippen LogP) is 3.22. The van der Waals surface area contributed by atoms with Gasteiger partial charge in [0.25, 0.3) is 0 Å². The Morgan fingerprint density at radius 2 is 2.00 bits per heavy atom. The number of carbonyl (C=O) groups is 1. The third-order valence-corrected chi connectivity index (χ3v) is 4.38. The summed E-state index contributed by atoms with van der Waals surface area (Å²) in [6.07, 6.45) is 0. The Bertz CT molecular complexity index is 682. The Kier molecular flexibility index (Phi) is 4.65. The van der Waals surface area contributed by atoms with Crippen molar-refractivity contribution in [3.63, 3.8) is 0 Å². The minimum absolute atomic E-state index is 0.298. The first kappa shape index (κ1) is 16.2. The molecule has 2 aromatic heterocycles. The number of thiazole rings is 1. The zero-order valence-corrected chi connectivity index (χ0v) is 14.2. The summed E-state index contributed by atoms with van der Waals surface area (Å²) in [5.74, 6) is 0.516. The lowest BCUT2D eigenvalue weighted by atomic mass is 10.1. The summed E-state index contributed by atoms with van der Waals surface area (Å²) >= 11 is 1.53. The van der Waals surface area contributed by atoms with E-state index in [9.17, 15) is 4.79 Å². The highest BCUT2D eigenvalue weighted by Crippen LogP contribution is 2.24. The fourth-order valence-corrected chi connectivity index (χ4v) is 2.79. The van der Waals surface area contributed by atoms with E-state index < -0.39 is 5.54 Å². The van der Waals surface area contributed by atoms with Gasteiger partial charge >= 0.3 is 6.03 Å². The zero-order chi connectivity index (χ0) is 16.3. The third kappa shape index (κ3) is 3.73. The number of anilines is 1. The highest BCUT2D eigenvalue weighted by Gasteiger charge is 2.26. The molecule has 0 aliphatic rings. The van der Waals surface area contributed by atoms with Crippen LogP contribution in [0.25, 0.3) is 0 Å². The van der Waals surface area contributed by atoms with Crippen molar-refractivity contribution in [2.75, 3.05) is 12.4 Å². The van der Waals surface area contributed by atoms with Gasteiger partial charge in [-0.15, -0.1) is 11.3 Å². The number of methoxy groups -OCH3 is 1. The van der Waals surface area contributed by atoms with Crippen LogP contribution in [0.2, 0.25) is 0 Å². The van der Waals surface area contributed by atoms with Crippen molar-refractivity contribution >= 4 is 23.1 Å². The quantitative estimate of drug-likeness (QED) is 0.907. The van der Waals surface area contributed by atoms with Gasteiger partial charge in [-0.05, 0) is 33.8 Å². The van der Waals surface area contributed by atoms with Gasteiger partial charge in [-0.3, -0.25) is 0 Å². The molecule has 0 aliphatic heterocycles. The molecule has 0 aromatic carbocycles.